The number of hydrogen-bond acceptors (Lipinski definition) is 4. The molecule has 1 aliphatic heterocycles. The molecule has 100 valence electrons. The van der Waals surface area contributed by atoms with Gasteiger partial charge < -0.3 is 14.8 Å². The third kappa shape index (κ3) is 4.63. The molecule has 4 heteroatoms. The fraction of sp³-hybridized carbons (Fsp3) is 0.643. The molecular formula is C14H22N2O2. The molecule has 0 aromatic carbocycles. The van der Waals surface area contributed by atoms with Crippen LogP contribution in [0.2, 0.25) is 0 Å². The summed E-state index contributed by atoms with van der Waals surface area (Å²) in [7, 11) is 0. The van der Waals surface area contributed by atoms with Crippen molar-refractivity contribution < 1.29 is 9.47 Å². The minimum absolute atomic E-state index is 0.405. The number of anilines is 1. The van der Waals surface area contributed by atoms with Crippen molar-refractivity contribution in [3.05, 3.63) is 24.0 Å². The summed E-state index contributed by atoms with van der Waals surface area (Å²) in [4.78, 5) is 4.17. The van der Waals surface area contributed by atoms with Gasteiger partial charge in [0.25, 0.3) is 0 Å². The number of pyridine rings is 1. The Labute approximate surface area is 109 Å². The quantitative estimate of drug-likeness (QED) is 0.787. The van der Waals surface area contributed by atoms with Crippen LogP contribution >= 0.6 is 0 Å². The number of aromatic nitrogens is 1. The molecule has 0 spiro atoms. The molecule has 1 saturated heterocycles. The van der Waals surface area contributed by atoms with Gasteiger partial charge in [-0.2, -0.15) is 0 Å². The van der Waals surface area contributed by atoms with Crippen molar-refractivity contribution in [2.45, 2.75) is 32.3 Å². The largest absolute Gasteiger partial charge is 0.385 e. The lowest BCUT2D eigenvalue weighted by molar-refractivity contribution is -0.0316. The fourth-order valence-corrected chi connectivity index (χ4v) is 2.05. The summed E-state index contributed by atoms with van der Waals surface area (Å²) < 4.78 is 11.1. The highest BCUT2D eigenvalue weighted by molar-refractivity contribution is 5.42. The van der Waals surface area contributed by atoms with Crippen molar-refractivity contribution in [3.8, 4) is 0 Å². The monoisotopic (exact) mass is 250 g/mol. The van der Waals surface area contributed by atoms with Gasteiger partial charge in [0.1, 0.15) is 0 Å². The maximum absolute atomic E-state index is 5.81. The third-order valence-electron chi connectivity index (χ3n) is 3.07. The van der Waals surface area contributed by atoms with Crippen LogP contribution < -0.4 is 5.32 Å². The van der Waals surface area contributed by atoms with E-state index in [4.69, 9.17) is 9.47 Å². The van der Waals surface area contributed by atoms with E-state index in [-0.39, 0.29) is 0 Å². The van der Waals surface area contributed by atoms with Crippen LogP contribution in [0, 0.1) is 6.92 Å². The molecule has 1 aliphatic rings. The van der Waals surface area contributed by atoms with Crippen LogP contribution in [-0.2, 0) is 9.47 Å². The number of nitrogens with zero attached hydrogens (tertiary/aromatic N) is 1. The smallest absolute Gasteiger partial charge is 0.0619 e. The number of aryl methyl sites for hydroxylation is 1. The minimum Gasteiger partial charge on any atom is -0.385 e. The highest BCUT2D eigenvalue weighted by atomic mass is 16.5. The second kappa shape index (κ2) is 7.34. The summed E-state index contributed by atoms with van der Waals surface area (Å²) in [5, 5.41) is 3.38. The summed E-state index contributed by atoms with van der Waals surface area (Å²) in [6.07, 6.45) is 5.34. The summed E-state index contributed by atoms with van der Waals surface area (Å²) in [6.45, 7) is 5.45. The van der Waals surface area contributed by atoms with E-state index < -0.39 is 0 Å². The van der Waals surface area contributed by atoms with E-state index in [1.54, 1.807) is 0 Å². The average molecular weight is 250 g/mol. The van der Waals surface area contributed by atoms with E-state index in [0.29, 0.717) is 6.10 Å². The van der Waals surface area contributed by atoms with Crippen LogP contribution in [0.1, 0.15) is 25.0 Å². The molecule has 0 aliphatic carbocycles. The maximum atomic E-state index is 5.81. The van der Waals surface area contributed by atoms with Gasteiger partial charge in [0.15, 0.2) is 0 Å². The normalized spacial score (nSPS) is 16.7. The Hall–Kier alpha value is -1.13. The first-order valence-electron chi connectivity index (χ1n) is 6.70. The Morgan fingerprint density at radius 1 is 1.44 bits per heavy atom. The van der Waals surface area contributed by atoms with Crippen LogP contribution in [0.5, 0.6) is 0 Å². The second-order valence-electron chi connectivity index (χ2n) is 4.65. The Kier molecular flexibility index (Phi) is 5.42. The molecular weight excluding hydrogens is 228 g/mol. The van der Waals surface area contributed by atoms with Gasteiger partial charge in [-0.3, -0.25) is 4.98 Å². The molecule has 1 aromatic heterocycles. The van der Waals surface area contributed by atoms with Gasteiger partial charge in [-0.05, 0) is 38.3 Å². The zero-order valence-corrected chi connectivity index (χ0v) is 11.0. The summed E-state index contributed by atoms with van der Waals surface area (Å²) >= 11 is 0. The van der Waals surface area contributed by atoms with E-state index in [0.717, 1.165) is 57.0 Å². The van der Waals surface area contributed by atoms with Gasteiger partial charge in [0.05, 0.1) is 6.10 Å². The first-order valence-corrected chi connectivity index (χ1v) is 6.70. The van der Waals surface area contributed by atoms with Crippen molar-refractivity contribution in [1.29, 1.82) is 0 Å². The average Bonchev–Trinajstić information content (AvgIpc) is 2.40. The fourth-order valence-electron chi connectivity index (χ4n) is 2.05. The Morgan fingerprint density at radius 3 is 3.06 bits per heavy atom. The summed E-state index contributed by atoms with van der Waals surface area (Å²) in [6, 6.07) is 4.05. The van der Waals surface area contributed by atoms with E-state index in [9.17, 15) is 0 Å². The molecule has 2 rings (SSSR count). The standard InChI is InChI=1S/C14H22N2O2/c1-12-11-13(3-7-15-12)16-6-2-8-18-14-4-9-17-10-5-14/h3,7,11,14H,2,4-6,8-10H2,1H3,(H,15,16). The van der Waals surface area contributed by atoms with Crippen molar-refractivity contribution in [2.75, 3.05) is 31.7 Å². The molecule has 0 bridgehead atoms. The molecule has 1 N–H and O–H groups in total. The molecule has 18 heavy (non-hydrogen) atoms. The second-order valence-corrected chi connectivity index (χ2v) is 4.65. The predicted octanol–water partition coefficient (Wildman–Crippen LogP) is 2.39. The molecule has 0 radical (unpaired) electrons. The number of ether oxygens (including phenoxy) is 2. The molecule has 0 amide bonds. The Balaban J connectivity index is 1.55. The van der Waals surface area contributed by atoms with Crippen LogP contribution in [0.3, 0.4) is 0 Å². The lowest BCUT2D eigenvalue weighted by Crippen LogP contribution is -2.24. The molecule has 0 atom stereocenters. The third-order valence-corrected chi connectivity index (χ3v) is 3.07. The lowest BCUT2D eigenvalue weighted by atomic mass is 10.1. The van der Waals surface area contributed by atoms with Gasteiger partial charge in [0, 0.05) is 43.9 Å². The summed E-state index contributed by atoms with van der Waals surface area (Å²) in [5.41, 5.74) is 2.17. The van der Waals surface area contributed by atoms with Crippen LogP contribution in [-0.4, -0.2) is 37.5 Å². The maximum Gasteiger partial charge on any atom is 0.0619 e. The van der Waals surface area contributed by atoms with Gasteiger partial charge in [-0.1, -0.05) is 0 Å². The highest BCUT2D eigenvalue weighted by Crippen LogP contribution is 2.11. The van der Waals surface area contributed by atoms with Gasteiger partial charge in [-0.15, -0.1) is 0 Å². The SMILES string of the molecule is Cc1cc(NCCCOC2CCOCC2)ccn1. The van der Waals surface area contributed by atoms with Gasteiger partial charge >= 0.3 is 0 Å². The van der Waals surface area contributed by atoms with Crippen molar-refractivity contribution in [3.63, 3.8) is 0 Å². The molecule has 1 aromatic rings. The van der Waals surface area contributed by atoms with Crippen molar-refractivity contribution in [1.82, 2.24) is 4.98 Å². The number of nitrogens with one attached hydrogen (secondary N) is 1. The van der Waals surface area contributed by atoms with Crippen LogP contribution in [0.15, 0.2) is 18.3 Å². The first kappa shape index (κ1) is 13.3. The summed E-state index contributed by atoms with van der Waals surface area (Å²) in [5.74, 6) is 0. The van der Waals surface area contributed by atoms with E-state index in [1.165, 1.54) is 0 Å². The van der Waals surface area contributed by atoms with Gasteiger partial charge in [0.2, 0.25) is 0 Å². The van der Waals surface area contributed by atoms with Crippen LogP contribution in [0.4, 0.5) is 5.69 Å². The van der Waals surface area contributed by atoms with Crippen molar-refractivity contribution in [2.24, 2.45) is 0 Å². The Bertz CT molecular complexity index is 351. The topological polar surface area (TPSA) is 43.4 Å². The van der Waals surface area contributed by atoms with Crippen molar-refractivity contribution >= 4 is 5.69 Å². The molecule has 0 saturated carbocycles. The van der Waals surface area contributed by atoms with E-state index in [1.807, 2.05) is 19.2 Å². The van der Waals surface area contributed by atoms with Crippen LogP contribution in [0.25, 0.3) is 0 Å². The zero-order chi connectivity index (χ0) is 12.6. The molecule has 2 heterocycles. The minimum atomic E-state index is 0.405. The number of rotatable bonds is 6. The zero-order valence-electron chi connectivity index (χ0n) is 11.0. The van der Waals surface area contributed by atoms with Gasteiger partial charge in [-0.25, -0.2) is 0 Å². The van der Waals surface area contributed by atoms with E-state index in [2.05, 4.69) is 16.4 Å². The van der Waals surface area contributed by atoms with E-state index >= 15 is 0 Å². The number of hydrogen-bond donors (Lipinski definition) is 1. The Morgan fingerprint density at radius 2 is 2.28 bits per heavy atom. The first-order chi connectivity index (χ1) is 8.84. The molecule has 1 fully saturated rings. The molecule has 4 nitrogen and oxygen atoms in total. The molecule has 0 unspecified atom stereocenters. The highest BCUT2D eigenvalue weighted by Gasteiger charge is 2.13. The predicted molar refractivity (Wildman–Crippen MR) is 71.9 cm³/mol. The lowest BCUT2D eigenvalue weighted by Gasteiger charge is -2.22.